The van der Waals surface area contributed by atoms with Crippen molar-refractivity contribution in [2.45, 2.75) is 13.0 Å². The average molecular weight is 285 g/mol. The lowest BCUT2D eigenvalue weighted by Crippen LogP contribution is -2.52. The second-order valence-electron chi connectivity index (χ2n) is 5.31. The van der Waals surface area contributed by atoms with Crippen molar-refractivity contribution in [3.63, 3.8) is 0 Å². The van der Waals surface area contributed by atoms with Crippen LogP contribution >= 0.6 is 0 Å². The molecule has 110 valence electrons. The number of carbonyl (C=O) groups excluding carboxylic acids is 1. The number of benzene rings is 1. The van der Waals surface area contributed by atoms with Gasteiger partial charge in [-0.15, -0.1) is 0 Å². The average Bonchev–Trinajstić information content (AvgIpc) is 2.53. The van der Waals surface area contributed by atoms with Gasteiger partial charge in [-0.1, -0.05) is 6.07 Å². The molecule has 0 bridgehead atoms. The number of fused-ring (bicyclic) bond motifs is 1. The van der Waals surface area contributed by atoms with Crippen molar-refractivity contribution in [1.82, 2.24) is 15.2 Å². The van der Waals surface area contributed by atoms with E-state index in [4.69, 9.17) is 4.74 Å². The highest BCUT2D eigenvalue weighted by Crippen LogP contribution is 2.20. The fraction of sp³-hybridized carbons (Fsp3) is 0.375. The maximum absolute atomic E-state index is 12.6. The molecule has 0 aliphatic carbocycles. The summed E-state index contributed by atoms with van der Waals surface area (Å²) in [4.78, 5) is 19.0. The van der Waals surface area contributed by atoms with Crippen LogP contribution in [0.25, 0.3) is 10.9 Å². The van der Waals surface area contributed by atoms with Gasteiger partial charge in [-0.25, -0.2) is 4.98 Å². The lowest BCUT2D eigenvalue weighted by atomic mass is 10.1. The zero-order chi connectivity index (χ0) is 14.8. The molecule has 1 atom stereocenters. The number of aromatic nitrogens is 1. The van der Waals surface area contributed by atoms with Crippen molar-refractivity contribution >= 4 is 16.8 Å². The monoisotopic (exact) mass is 285 g/mol. The minimum atomic E-state index is 0.00159. The van der Waals surface area contributed by atoms with Crippen LogP contribution in [-0.2, 0) is 0 Å². The van der Waals surface area contributed by atoms with Crippen LogP contribution in [0.5, 0.6) is 5.75 Å². The van der Waals surface area contributed by atoms with Gasteiger partial charge in [0, 0.05) is 31.1 Å². The lowest BCUT2D eigenvalue weighted by Gasteiger charge is -2.33. The summed E-state index contributed by atoms with van der Waals surface area (Å²) >= 11 is 0. The number of carbonyl (C=O) groups is 1. The fourth-order valence-corrected chi connectivity index (χ4v) is 2.64. The smallest absolute Gasteiger partial charge is 0.272 e. The van der Waals surface area contributed by atoms with E-state index in [-0.39, 0.29) is 11.9 Å². The number of ether oxygens (including phenoxy) is 1. The van der Waals surface area contributed by atoms with Gasteiger partial charge >= 0.3 is 0 Å². The highest BCUT2D eigenvalue weighted by molar-refractivity contribution is 5.95. The minimum absolute atomic E-state index is 0.00159. The Balaban J connectivity index is 1.91. The third kappa shape index (κ3) is 2.69. The number of methoxy groups -OCH3 is 1. The first-order valence-corrected chi connectivity index (χ1v) is 7.15. The molecule has 0 spiro atoms. The van der Waals surface area contributed by atoms with Crippen LogP contribution in [0.3, 0.4) is 0 Å². The maximum Gasteiger partial charge on any atom is 0.272 e. The van der Waals surface area contributed by atoms with Crippen molar-refractivity contribution in [3.05, 3.63) is 36.0 Å². The molecule has 1 unspecified atom stereocenters. The Morgan fingerprint density at radius 1 is 1.38 bits per heavy atom. The highest BCUT2D eigenvalue weighted by atomic mass is 16.5. The zero-order valence-corrected chi connectivity index (χ0v) is 12.3. The van der Waals surface area contributed by atoms with Crippen LogP contribution in [-0.4, -0.2) is 48.6 Å². The second-order valence-corrected chi connectivity index (χ2v) is 5.31. The number of rotatable bonds is 2. The molecule has 1 aromatic heterocycles. The standard InChI is InChI=1S/C16H19N3O2/c1-11-10-17-7-8-19(11)16(20)15-5-3-12-9-13(21-2)4-6-14(12)18-15/h3-6,9,11,17H,7-8,10H2,1-2H3. The van der Waals surface area contributed by atoms with Crippen LogP contribution < -0.4 is 10.1 Å². The van der Waals surface area contributed by atoms with E-state index in [0.717, 1.165) is 36.3 Å². The van der Waals surface area contributed by atoms with E-state index in [9.17, 15) is 4.79 Å². The fourth-order valence-electron chi connectivity index (χ4n) is 2.64. The molecule has 1 aliphatic rings. The number of hydrogen-bond donors (Lipinski definition) is 1. The van der Waals surface area contributed by atoms with E-state index >= 15 is 0 Å². The number of pyridine rings is 1. The maximum atomic E-state index is 12.6. The molecular formula is C16H19N3O2. The number of amides is 1. The van der Waals surface area contributed by atoms with Crippen molar-refractivity contribution < 1.29 is 9.53 Å². The molecular weight excluding hydrogens is 266 g/mol. The first-order chi connectivity index (χ1) is 10.2. The van der Waals surface area contributed by atoms with E-state index in [1.54, 1.807) is 13.2 Å². The van der Waals surface area contributed by atoms with Crippen LogP contribution in [0.15, 0.2) is 30.3 Å². The molecule has 2 heterocycles. The molecule has 3 rings (SSSR count). The number of piperazine rings is 1. The highest BCUT2D eigenvalue weighted by Gasteiger charge is 2.24. The Hall–Kier alpha value is -2.14. The molecule has 5 nitrogen and oxygen atoms in total. The van der Waals surface area contributed by atoms with Gasteiger partial charge in [-0.05, 0) is 31.2 Å². The van der Waals surface area contributed by atoms with Crippen molar-refractivity contribution in [2.75, 3.05) is 26.7 Å². The van der Waals surface area contributed by atoms with E-state index in [1.165, 1.54) is 0 Å². The lowest BCUT2D eigenvalue weighted by molar-refractivity contribution is 0.0650. The minimum Gasteiger partial charge on any atom is -0.497 e. The normalized spacial score (nSPS) is 18.8. The summed E-state index contributed by atoms with van der Waals surface area (Å²) in [5.74, 6) is 0.792. The SMILES string of the molecule is COc1ccc2nc(C(=O)N3CCNCC3C)ccc2c1. The van der Waals surface area contributed by atoms with Crippen LogP contribution in [0.1, 0.15) is 17.4 Å². The second kappa shape index (κ2) is 5.69. The van der Waals surface area contributed by atoms with Gasteiger partial charge in [-0.3, -0.25) is 4.79 Å². The Bertz CT molecular complexity index is 672. The Labute approximate surface area is 123 Å². The van der Waals surface area contributed by atoms with Gasteiger partial charge in [0.1, 0.15) is 11.4 Å². The molecule has 5 heteroatoms. The molecule has 21 heavy (non-hydrogen) atoms. The number of nitrogens with zero attached hydrogens (tertiary/aromatic N) is 2. The summed E-state index contributed by atoms with van der Waals surface area (Å²) in [6, 6.07) is 9.57. The third-order valence-electron chi connectivity index (χ3n) is 3.88. The largest absolute Gasteiger partial charge is 0.497 e. The Morgan fingerprint density at radius 2 is 2.24 bits per heavy atom. The molecule has 0 saturated carbocycles. The van der Waals surface area contributed by atoms with E-state index in [0.29, 0.717) is 5.69 Å². The summed E-state index contributed by atoms with van der Waals surface area (Å²) < 4.78 is 5.20. The number of hydrogen-bond acceptors (Lipinski definition) is 4. The Kier molecular flexibility index (Phi) is 3.75. The van der Waals surface area contributed by atoms with Gasteiger partial charge in [-0.2, -0.15) is 0 Å². The van der Waals surface area contributed by atoms with Crippen LogP contribution in [0, 0.1) is 0 Å². The molecule has 1 N–H and O–H groups in total. The quantitative estimate of drug-likeness (QED) is 0.912. The van der Waals surface area contributed by atoms with Gasteiger partial charge < -0.3 is 15.0 Å². The Morgan fingerprint density at radius 3 is 3.00 bits per heavy atom. The molecule has 1 fully saturated rings. The molecule has 1 amide bonds. The molecule has 1 aliphatic heterocycles. The van der Waals surface area contributed by atoms with Crippen LogP contribution in [0.4, 0.5) is 0 Å². The summed E-state index contributed by atoms with van der Waals surface area (Å²) in [6.45, 7) is 4.44. The van der Waals surface area contributed by atoms with E-state index < -0.39 is 0 Å². The summed E-state index contributed by atoms with van der Waals surface area (Å²) in [7, 11) is 1.64. The molecule has 2 aromatic rings. The first-order valence-electron chi connectivity index (χ1n) is 7.15. The molecule has 1 aromatic carbocycles. The van der Waals surface area contributed by atoms with Gasteiger partial charge in [0.25, 0.3) is 5.91 Å². The van der Waals surface area contributed by atoms with Gasteiger partial charge in [0.15, 0.2) is 0 Å². The molecule has 1 saturated heterocycles. The summed E-state index contributed by atoms with van der Waals surface area (Å²) in [5.41, 5.74) is 1.31. The predicted molar refractivity (Wildman–Crippen MR) is 81.7 cm³/mol. The van der Waals surface area contributed by atoms with Crippen molar-refractivity contribution in [2.24, 2.45) is 0 Å². The first kappa shape index (κ1) is 13.8. The summed E-state index contributed by atoms with van der Waals surface area (Å²) in [6.07, 6.45) is 0. The van der Waals surface area contributed by atoms with Gasteiger partial charge in [0.05, 0.1) is 12.6 Å². The predicted octanol–water partition coefficient (Wildman–Crippen LogP) is 1.68. The van der Waals surface area contributed by atoms with Crippen molar-refractivity contribution in [3.8, 4) is 5.75 Å². The van der Waals surface area contributed by atoms with E-state index in [2.05, 4.69) is 17.2 Å². The van der Waals surface area contributed by atoms with Gasteiger partial charge in [0.2, 0.25) is 0 Å². The number of nitrogens with one attached hydrogen (secondary N) is 1. The summed E-state index contributed by atoms with van der Waals surface area (Å²) in [5, 5.41) is 4.26. The topological polar surface area (TPSA) is 54.5 Å². The van der Waals surface area contributed by atoms with Crippen molar-refractivity contribution in [1.29, 1.82) is 0 Å². The van der Waals surface area contributed by atoms with Crippen LogP contribution in [0.2, 0.25) is 0 Å². The molecule has 0 radical (unpaired) electrons. The van der Waals surface area contributed by atoms with E-state index in [1.807, 2.05) is 29.2 Å². The zero-order valence-electron chi connectivity index (χ0n) is 12.3. The third-order valence-corrected chi connectivity index (χ3v) is 3.88.